The number of hydrogen-bond acceptors (Lipinski definition) is 7. The quantitative estimate of drug-likeness (QED) is 0.888. The van der Waals surface area contributed by atoms with Gasteiger partial charge in [-0.2, -0.15) is 0 Å². The van der Waals surface area contributed by atoms with E-state index in [4.69, 9.17) is 4.52 Å². The summed E-state index contributed by atoms with van der Waals surface area (Å²) >= 11 is 1.51. The van der Waals surface area contributed by atoms with E-state index >= 15 is 0 Å². The second-order valence-corrected chi connectivity index (χ2v) is 6.78. The number of likely N-dealkylation sites (tertiary alicyclic amines) is 1. The Morgan fingerprint density at radius 2 is 2.48 bits per heavy atom. The zero-order valence-electron chi connectivity index (χ0n) is 13.0. The van der Waals surface area contributed by atoms with Gasteiger partial charge < -0.3 is 14.5 Å². The van der Waals surface area contributed by atoms with E-state index in [0.29, 0.717) is 31.1 Å². The highest BCUT2D eigenvalue weighted by molar-refractivity contribution is 7.09. The van der Waals surface area contributed by atoms with Gasteiger partial charge in [-0.25, -0.2) is 4.98 Å². The van der Waals surface area contributed by atoms with Crippen molar-refractivity contribution in [2.24, 2.45) is 0 Å². The summed E-state index contributed by atoms with van der Waals surface area (Å²) in [4.78, 5) is 20.2. The van der Waals surface area contributed by atoms with Crippen molar-refractivity contribution in [3.63, 3.8) is 0 Å². The van der Waals surface area contributed by atoms with Crippen LogP contribution in [0.15, 0.2) is 22.2 Å². The molecule has 1 amide bonds. The van der Waals surface area contributed by atoms with Gasteiger partial charge in [-0.3, -0.25) is 9.69 Å². The van der Waals surface area contributed by atoms with Crippen LogP contribution in [0.1, 0.15) is 34.1 Å². The minimum Gasteiger partial charge on any atom is -0.392 e. The Balaban J connectivity index is 1.58. The zero-order valence-corrected chi connectivity index (χ0v) is 13.8. The zero-order chi connectivity index (χ0) is 16.2. The van der Waals surface area contributed by atoms with Gasteiger partial charge in [-0.15, -0.1) is 11.3 Å². The molecular formula is C15H20N4O3S. The number of hydrogen-bond donors (Lipinski definition) is 1. The third kappa shape index (κ3) is 4.15. The van der Waals surface area contributed by atoms with Crippen LogP contribution >= 0.6 is 11.3 Å². The summed E-state index contributed by atoms with van der Waals surface area (Å²) in [6.07, 6.45) is 3.26. The molecule has 3 heterocycles. The molecule has 3 rings (SSSR count). The number of carbonyl (C=O) groups is 1. The predicted molar refractivity (Wildman–Crippen MR) is 84.9 cm³/mol. The van der Waals surface area contributed by atoms with E-state index in [2.05, 4.69) is 15.0 Å². The molecule has 0 bridgehead atoms. The lowest BCUT2D eigenvalue weighted by Gasteiger charge is -2.28. The van der Waals surface area contributed by atoms with Crippen molar-refractivity contribution in [2.75, 3.05) is 20.1 Å². The first-order valence-electron chi connectivity index (χ1n) is 7.61. The molecule has 8 heteroatoms. The first-order valence-corrected chi connectivity index (χ1v) is 8.49. The van der Waals surface area contributed by atoms with Crippen LogP contribution in [0.5, 0.6) is 0 Å². The average molecular weight is 336 g/mol. The van der Waals surface area contributed by atoms with Crippen molar-refractivity contribution >= 4 is 17.2 Å². The number of aliphatic hydroxyl groups is 1. The van der Waals surface area contributed by atoms with Crippen molar-refractivity contribution < 1.29 is 14.4 Å². The normalized spacial score (nSPS) is 19.0. The number of aliphatic hydroxyl groups excluding tert-OH is 1. The second kappa shape index (κ2) is 7.20. The van der Waals surface area contributed by atoms with Crippen LogP contribution in [0.2, 0.25) is 0 Å². The Bertz CT molecular complexity index is 643. The Hall–Kier alpha value is -1.77. The van der Waals surface area contributed by atoms with Crippen LogP contribution in [0.4, 0.5) is 0 Å². The van der Waals surface area contributed by atoms with Gasteiger partial charge in [0, 0.05) is 31.2 Å². The molecule has 1 fully saturated rings. The number of piperidine rings is 1. The maximum absolute atomic E-state index is 12.4. The van der Waals surface area contributed by atoms with Crippen LogP contribution in [-0.2, 0) is 13.1 Å². The summed E-state index contributed by atoms with van der Waals surface area (Å²) in [5, 5.41) is 16.3. The lowest BCUT2D eigenvalue weighted by Crippen LogP contribution is -2.37. The lowest BCUT2D eigenvalue weighted by molar-refractivity contribution is 0.0622. The Morgan fingerprint density at radius 3 is 3.22 bits per heavy atom. The van der Waals surface area contributed by atoms with Gasteiger partial charge in [0.15, 0.2) is 11.5 Å². The Morgan fingerprint density at radius 1 is 1.61 bits per heavy atom. The fourth-order valence-electron chi connectivity index (χ4n) is 2.68. The minimum atomic E-state index is -0.280. The van der Waals surface area contributed by atoms with Crippen molar-refractivity contribution in [3.8, 4) is 0 Å². The highest BCUT2D eigenvalue weighted by Crippen LogP contribution is 2.15. The van der Waals surface area contributed by atoms with E-state index in [-0.39, 0.29) is 12.0 Å². The molecule has 0 spiro atoms. The molecule has 0 radical (unpaired) electrons. The second-order valence-electron chi connectivity index (χ2n) is 5.80. The average Bonchev–Trinajstić information content (AvgIpc) is 3.18. The van der Waals surface area contributed by atoms with Crippen LogP contribution < -0.4 is 0 Å². The van der Waals surface area contributed by atoms with Crippen molar-refractivity contribution in [3.05, 3.63) is 34.1 Å². The van der Waals surface area contributed by atoms with Crippen LogP contribution in [0, 0.1) is 0 Å². The molecule has 1 N–H and O–H groups in total. The highest BCUT2D eigenvalue weighted by Gasteiger charge is 2.21. The van der Waals surface area contributed by atoms with Gasteiger partial charge in [-0.05, 0) is 19.4 Å². The molecule has 1 aliphatic heterocycles. The summed E-state index contributed by atoms with van der Waals surface area (Å²) < 4.78 is 5.28. The smallest absolute Gasteiger partial charge is 0.276 e. The Labute approximate surface area is 138 Å². The maximum Gasteiger partial charge on any atom is 0.276 e. The lowest BCUT2D eigenvalue weighted by atomic mass is 10.1. The molecule has 0 aliphatic carbocycles. The number of β-amino-alcohol motifs (C(OH)–C–C–N with tert-alkyl or cyclic N) is 1. The standard InChI is InChI=1S/C15H20N4O3S/c1-18(10-14-16-4-6-23-14)15(21)13-7-12(22-17-13)9-19-5-2-3-11(20)8-19/h4,6-7,11,20H,2-3,5,8-10H2,1H3. The van der Waals surface area contributed by atoms with E-state index < -0.39 is 0 Å². The maximum atomic E-state index is 12.4. The summed E-state index contributed by atoms with van der Waals surface area (Å²) in [5.74, 6) is 0.457. The molecule has 1 unspecified atom stereocenters. The van der Waals surface area contributed by atoms with E-state index in [1.165, 1.54) is 11.3 Å². The monoisotopic (exact) mass is 336 g/mol. The van der Waals surface area contributed by atoms with E-state index in [9.17, 15) is 9.90 Å². The third-order valence-electron chi connectivity index (χ3n) is 3.84. The van der Waals surface area contributed by atoms with E-state index in [1.807, 2.05) is 5.38 Å². The van der Waals surface area contributed by atoms with Gasteiger partial charge >= 0.3 is 0 Å². The largest absolute Gasteiger partial charge is 0.392 e. The van der Waals surface area contributed by atoms with Gasteiger partial charge in [0.25, 0.3) is 5.91 Å². The SMILES string of the molecule is CN(Cc1nccs1)C(=O)c1cc(CN2CCCC(O)C2)on1. The van der Waals surface area contributed by atoms with Crippen molar-refractivity contribution in [2.45, 2.75) is 32.0 Å². The molecule has 1 aliphatic rings. The van der Waals surface area contributed by atoms with Gasteiger partial charge in [0.1, 0.15) is 5.01 Å². The number of aromatic nitrogens is 2. The molecule has 2 aromatic rings. The summed E-state index contributed by atoms with van der Waals surface area (Å²) in [6, 6.07) is 1.68. The van der Waals surface area contributed by atoms with Crippen molar-refractivity contribution in [1.29, 1.82) is 0 Å². The predicted octanol–water partition coefficient (Wildman–Crippen LogP) is 1.36. The van der Waals surface area contributed by atoms with Gasteiger partial charge in [-0.1, -0.05) is 5.16 Å². The number of thiazole rings is 1. The summed E-state index contributed by atoms with van der Waals surface area (Å²) in [7, 11) is 1.72. The molecule has 0 aromatic carbocycles. The highest BCUT2D eigenvalue weighted by atomic mass is 32.1. The van der Waals surface area contributed by atoms with E-state index in [0.717, 1.165) is 24.4 Å². The molecule has 1 saturated heterocycles. The molecule has 7 nitrogen and oxygen atoms in total. The van der Waals surface area contributed by atoms with Crippen LogP contribution in [0.25, 0.3) is 0 Å². The number of nitrogens with zero attached hydrogens (tertiary/aromatic N) is 4. The summed E-state index contributed by atoms with van der Waals surface area (Å²) in [5.41, 5.74) is 0.302. The first kappa shape index (κ1) is 16.1. The molecule has 0 saturated carbocycles. The first-order chi connectivity index (χ1) is 11.1. The topological polar surface area (TPSA) is 82.7 Å². The fraction of sp³-hybridized carbons (Fsp3) is 0.533. The molecule has 2 aromatic heterocycles. The number of amides is 1. The molecule has 124 valence electrons. The molecule has 1 atom stereocenters. The van der Waals surface area contributed by atoms with Crippen LogP contribution in [-0.4, -0.2) is 57.2 Å². The third-order valence-corrected chi connectivity index (χ3v) is 4.61. The molecular weight excluding hydrogens is 316 g/mol. The van der Waals surface area contributed by atoms with Gasteiger partial charge in [0.2, 0.25) is 0 Å². The number of rotatable bonds is 5. The minimum absolute atomic E-state index is 0.186. The molecule has 23 heavy (non-hydrogen) atoms. The van der Waals surface area contributed by atoms with Gasteiger partial charge in [0.05, 0.1) is 19.2 Å². The fourth-order valence-corrected chi connectivity index (χ4v) is 3.35. The van der Waals surface area contributed by atoms with Crippen LogP contribution in [0.3, 0.4) is 0 Å². The number of carbonyl (C=O) groups excluding carboxylic acids is 1. The summed E-state index contributed by atoms with van der Waals surface area (Å²) in [6.45, 7) is 2.57. The van der Waals surface area contributed by atoms with E-state index in [1.54, 1.807) is 24.2 Å². The van der Waals surface area contributed by atoms with Crippen molar-refractivity contribution in [1.82, 2.24) is 19.9 Å². The Kier molecular flexibility index (Phi) is 5.04.